The lowest BCUT2D eigenvalue weighted by atomic mass is 9.95. The molecule has 36 heavy (non-hydrogen) atoms. The Morgan fingerprint density at radius 2 is 1.94 bits per heavy atom. The summed E-state index contributed by atoms with van der Waals surface area (Å²) in [6.45, 7) is 1.65. The number of amides is 1. The van der Waals surface area contributed by atoms with Crippen molar-refractivity contribution in [3.8, 4) is 5.75 Å². The second-order valence-electron chi connectivity index (χ2n) is 8.87. The number of fused-ring (bicyclic) bond motifs is 1. The maximum absolute atomic E-state index is 13.2. The van der Waals surface area contributed by atoms with Crippen molar-refractivity contribution < 1.29 is 32.6 Å². The molecular weight excluding hydrogens is 473 g/mol. The van der Waals surface area contributed by atoms with Gasteiger partial charge in [0, 0.05) is 30.9 Å². The number of alkyl halides is 3. The van der Waals surface area contributed by atoms with E-state index in [9.17, 15) is 27.9 Å². The highest BCUT2D eigenvalue weighted by Gasteiger charge is 2.46. The van der Waals surface area contributed by atoms with Crippen molar-refractivity contribution in [1.29, 1.82) is 0 Å². The van der Waals surface area contributed by atoms with Crippen LogP contribution >= 0.6 is 0 Å². The van der Waals surface area contributed by atoms with E-state index in [1.807, 2.05) is 6.92 Å². The fourth-order valence-corrected chi connectivity index (χ4v) is 4.69. The summed E-state index contributed by atoms with van der Waals surface area (Å²) in [6, 6.07) is 11.8. The Morgan fingerprint density at radius 3 is 2.67 bits per heavy atom. The minimum Gasteiger partial charge on any atom is -0.507 e. The first kappa shape index (κ1) is 23.6. The number of aromatic nitrogens is 1. The summed E-state index contributed by atoms with van der Waals surface area (Å²) in [5.74, 6) is -1.51. The Kier molecular flexibility index (Phi) is 5.78. The molecule has 1 aromatic heterocycles. The van der Waals surface area contributed by atoms with Crippen LogP contribution in [0.25, 0.3) is 5.76 Å². The van der Waals surface area contributed by atoms with Crippen LogP contribution in [0.4, 0.5) is 13.2 Å². The summed E-state index contributed by atoms with van der Waals surface area (Å²) in [5.41, 5.74) is 0.851. The predicted octanol–water partition coefficient (Wildman–Crippen LogP) is 5.05. The van der Waals surface area contributed by atoms with Gasteiger partial charge in [0.2, 0.25) is 0 Å². The number of ether oxygens (including phenoxy) is 1. The summed E-state index contributed by atoms with van der Waals surface area (Å²) >= 11 is 0. The minimum absolute atomic E-state index is 0.0224. The van der Waals surface area contributed by atoms with Gasteiger partial charge in [0.1, 0.15) is 17.6 Å². The standard InChI is InChI=1S/C27H21F3N2O4/c1-15-10-19-12-17(7-8-21(19)36-15)24(33)22-23(18-5-3-9-31-13-18)32(26(35)25(22)34)14-16-4-2-6-20(11-16)27(28,29)30/h2-9,11-13,15,23,33H,10,14H2,1H3/b24-22-. The molecule has 5 rings (SSSR count). The molecule has 2 atom stereocenters. The molecule has 3 aromatic rings. The largest absolute Gasteiger partial charge is 0.507 e. The van der Waals surface area contributed by atoms with Gasteiger partial charge in [0.05, 0.1) is 17.2 Å². The molecular formula is C27H21F3N2O4. The predicted molar refractivity (Wildman–Crippen MR) is 124 cm³/mol. The average Bonchev–Trinajstić information content (AvgIpc) is 3.35. The zero-order valence-corrected chi connectivity index (χ0v) is 19.1. The molecule has 2 aromatic carbocycles. The third-order valence-corrected chi connectivity index (χ3v) is 6.32. The summed E-state index contributed by atoms with van der Waals surface area (Å²) < 4.78 is 45.4. The molecule has 0 saturated carbocycles. The highest BCUT2D eigenvalue weighted by atomic mass is 19.4. The van der Waals surface area contributed by atoms with Crippen molar-refractivity contribution in [1.82, 2.24) is 9.88 Å². The lowest BCUT2D eigenvalue weighted by Crippen LogP contribution is -2.29. The molecule has 1 saturated heterocycles. The molecule has 2 unspecified atom stereocenters. The number of carbonyl (C=O) groups excluding carboxylic acids is 2. The molecule has 0 bridgehead atoms. The van der Waals surface area contributed by atoms with Crippen LogP contribution < -0.4 is 4.74 Å². The Hall–Kier alpha value is -4.14. The van der Waals surface area contributed by atoms with Gasteiger partial charge in [0.15, 0.2) is 0 Å². The quantitative estimate of drug-likeness (QED) is 0.312. The zero-order chi connectivity index (χ0) is 25.6. The first-order valence-electron chi connectivity index (χ1n) is 11.3. The van der Waals surface area contributed by atoms with Crippen molar-refractivity contribution >= 4 is 17.4 Å². The van der Waals surface area contributed by atoms with Crippen molar-refractivity contribution in [3.63, 3.8) is 0 Å². The number of hydrogen-bond acceptors (Lipinski definition) is 5. The van der Waals surface area contributed by atoms with Gasteiger partial charge in [0.25, 0.3) is 11.7 Å². The van der Waals surface area contributed by atoms with Gasteiger partial charge in [-0.3, -0.25) is 14.6 Å². The molecule has 6 nitrogen and oxygen atoms in total. The maximum Gasteiger partial charge on any atom is 0.416 e. The van der Waals surface area contributed by atoms with Crippen LogP contribution in [0.2, 0.25) is 0 Å². The lowest BCUT2D eigenvalue weighted by Gasteiger charge is -2.25. The second-order valence-corrected chi connectivity index (χ2v) is 8.87. The number of ketones is 1. The molecule has 1 fully saturated rings. The van der Waals surface area contributed by atoms with Crippen molar-refractivity contribution in [2.75, 3.05) is 0 Å². The SMILES string of the molecule is CC1Cc2cc(/C(O)=C3/C(=O)C(=O)N(Cc4cccc(C(F)(F)F)c4)C3c3cccnc3)ccc2O1. The average molecular weight is 494 g/mol. The van der Waals surface area contributed by atoms with Gasteiger partial charge < -0.3 is 14.7 Å². The van der Waals surface area contributed by atoms with E-state index in [1.165, 1.54) is 29.4 Å². The van der Waals surface area contributed by atoms with E-state index in [0.717, 1.165) is 17.7 Å². The number of halogens is 3. The molecule has 2 aliphatic rings. The van der Waals surface area contributed by atoms with E-state index < -0.39 is 29.5 Å². The van der Waals surface area contributed by atoms with Crippen LogP contribution in [0.15, 0.2) is 72.6 Å². The van der Waals surface area contributed by atoms with Crippen LogP contribution in [0.5, 0.6) is 5.75 Å². The topological polar surface area (TPSA) is 79.7 Å². The first-order valence-corrected chi connectivity index (χ1v) is 11.3. The maximum atomic E-state index is 13.2. The number of Topliss-reactive ketones (excluding diaryl/α,β-unsaturated/α-hetero) is 1. The van der Waals surface area contributed by atoms with Gasteiger partial charge in [-0.05, 0) is 60.0 Å². The van der Waals surface area contributed by atoms with Crippen LogP contribution in [0, 0.1) is 0 Å². The lowest BCUT2D eigenvalue weighted by molar-refractivity contribution is -0.140. The fourth-order valence-electron chi connectivity index (χ4n) is 4.69. The molecule has 0 aliphatic carbocycles. The molecule has 2 aliphatic heterocycles. The van der Waals surface area contributed by atoms with Gasteiger partial charge >= 0.3 is 6.18 Å². The third-order valence-electron chi connectivity index (χ3n) is 6.32. The number of benzene rings is 2. The van der Waals surface area contributed by atoms with Crippen molar-refractivity contribution in [3.05, 3.63) is 100 Å². The Morgan fingerprint density at radius 1 is 1.14 bits per heavy atom. The first-order chi connectivity index (χ1) is 17.1. The monoisotopic (exact) mass is 494 g/mol. The Balaban J connectivity index is 1.59. The number of aliphatic hydroxyl groups is 1. The zero-order valence-electron chi connectivity index (χ0n) is 19.1. The second kappa shape index (κ2) is 8.82. The number of carbonyl (C=O) groups is 2. The fraction of sp³-hybridized carbons (Fsp3) is 0.222. The highest BCUT2D eigenvalue weighted by molar-refractivity contribution is 6.46. The Bertz CT molecular complexity index is 1390. The van der Waals surface area contributed by atoms with E-state index in [2.05, 4.69) is 4.98 Å². The number of nitrogens with zero attached hydrogens (tertiary/aromatic N) is 2. The molecule has 0 radical (unpaired) electrons. The summed E-state index contributed by atoms with van der Waals surface area (Å²) in [5, 5.41) is 11.2. The minimum atomic E-state index is -4.55. The molecule has 3 heterocycles. The number of hydrogen-bond donors (Lipinski definition) is 1. The molecule has 1 N–H and O–H groups in total. The van der Waals surface area contributed by atoms with E-state index in [0.29, 0.717) is 23.3 Å². The van der Waals surface area contributed by atoms with Crippen LogP contribution in [-0.2, 0) is 28.7 Å². The Labute approximate surface area is 204 Å². The normalized spacial score (nSPS) is 20.9. The van der Waals surface area contributed by atoms with Crippen LogP contribution in [-0.4, -0.2) is 32.8 Å². The number of rotatable bonds is 4. The van der Waals surface area contributed by atoms with Crippen molar-refractivity contribution in [2.24, 2.45) is 0 Å². The third kappa shape index (κ3) is 4.21. The highest BCUT2D eigenvalue weighted by Crippen LogP contribution is 2.41. The van der Waals surface area contributed by atoms with E-state index >= 15 is 0 Å². The van der Waals surface area contributed by atoms with E-state index in [4.69, 9.17) is 4.74 Å². The van der Waals surface area contributed by atoms with E-state index in [-0.39, 0.29) is 29.5 Å². The van der Waals surface area contributed by atoms with Gasteiger partial charge in [-0.25, -0.2) is 0 Å². The number of aliphatic hydroxyl groups excluding tert-OH is 1. The van der Waals surface area contributed by atoms with Crippen LogP contribution in [0.3, 0.4) is 0 Å². The molecule has 184 valence electrons. The summed E-state index contributed by atoms with van der Waals surface area (Å²) in [6.07, 6.45) is -0.967. The van der Waals surface area contributed by atoms with Crippen LogP contribution in [0.1, 0.15) is 40.8 Å². The smallest absolute Gasteiger partial charge is 0.416 e. The van der Waals surface area contributed by atoms with E-state index in [1.54, 1.807) is 30.3 Å². The molecule has 0 spiro atoms. The summed E-state index contributed by atoms with van der Waals surface area (Å²) in [4.78, 5) is 31.5. The van der Waals surface area contributed by atoms with Gasteiger partial charge in [-0.15, -0.1) is 0 Å². The number of pyridine rings is 1. The molecule has 1 amide bonds. The van der Waals surface area contributed by atoms with Crippen molar-refractivity contribution in [2.45, 2.75) is 38.2 Å². The molecule has 9 heteroatoms. The summed E-state index contributed by atoms with van der Waals surface area (Å²) in [7, 11) is 0. The van der Waals surface area contributed by atoms with Gasteiger partial charge in [-0.1, -0.05) is 18.2 Å². The van der Waals surface area contributed by atoms with Gasteiger partial charge in [-0.2, -0.15) is 13.2 Å². The number of likely N-dealkylation sites (tertiary alicyclic amines) is 1.